The van der Waals surface area contributed by atoms with Crippen molar-refractivity contribution in [2.24, 2.45) is 5.92 Å². The Morgan fingerprint density at radius 2 is 2.07 bits per heavy atom. The Hall–Kier alpha value is -0.410. The number of hydrogen-bond donors (Lipinski definition) is 2. The van der Waals surface area contributed by atoms with Crippen LogP contribution >= 0.6 is 0 Å². The van der Waals surface area contributed by atoms with Crippen molar-refractivity contribution in [3.8, 4) is 0 Å². The number of unbranched alkanes of at least 4 members (excludes halogenated alkanes) is 1. The number of hydrogen-bond acceptors (Lipinski definition) is 3. The first-order valence-electron chi connectivity index (χ1n) is 5.48. The predicted octanol–water partition coefficient (Wildman–Crippen LogP) is 1.35. The molecule has 2 N–H and O–H groups in total. The van der Waals surface area contributed by atoms with Crippen molar-refractivity contribution in [2.45, 2.75) is 46.1 Å². The SMILES string of the molecule is CCC(C)C(NCCCCO)C(C)=O. The highest BCUT2D eigenvalue weighted by molar-refractivity contribution is 5.81. The van der Waals surface area contributed by atoms with E-state index in [4.69, 9.17) is 5.11 Å². The smallest absolute Gasteiger partial charge is 0.146 e. The third-order valence-electron chi connectivity index (χ3n) is 2.60. The van der Waals surface area contributed by atoms with E-state index in [0.29, 0.717) is 5.92 Å². The molecule has 0 amide bonds. The minimum absolute atomic E-state index is 0.0151. The highest BCUT2D eigenvalue weighted by Crippen LogP contribution is 2.08. The van der Waals surface area contributed by atoms with Crippen LogP contribution in [0.2, 0.25) is 0 Å². The largest absolute Gasteiger partial charge is 0.396 e. The van der Waals surface area contributed by atoms with Crippen molar-refractivity contribution in [1.29, 1.82) is 0 Å². The van der Waals surface area contributed by atoms with E-state index in [9.17, 15) is 4.79 Å². The summed E-state index contributed by atoms with van der Waals surface area (Å²) in [6.45, 7) is 6.86. The normalized spacial score (nSPS) is 15.1. The Morgan fingerprint density at radius 1 is 1.43 bits per heavy atom. The fourth-order valence-corrected chi connectivity index (χ4v) is 1.48. The number of nitrogens with one attached hydrogen (secondary N) is 1. The average molecular weight is 201 g/mol. The zero-order valence-corrected chi connectivity index (χ0v) is 9.55. The number of ketones is 1. The first-order valence-corrected chi connectivity index (χ1v) is 5.48. The van der Waals surface area contributed by atoms with Crippen LogP contribution < -0.4 is 5.32 Å². The molecule has 0 bridgehead atoms. The Kier molecular flexibility index (Phi) is 7.71. The average Bonchev–Trinajstić information content (AvgIpc) is 2.16. The quantitative estimate of drug-likeness (QED) is 0.583. The van der Waals surface area contributed by atoms with Crippen molar-refractivity contribution in [3.05, 3.63) is 0 Å². The molecule has 14 heavy (non-hydrogen) atoms. The van der Waals surface area contributed by atoms with Crippen molar-refractivity contribution >= 4 is 5.78 Å². The minimum Gasteiger partial charge on any atom is -0.396 e. The summed E-state index contributed by atoms with van der Waals surface area (Å²) in [5.74, 6) is 0.602. The molecule has 3 heteroatoms. The summed E-state index contributed by atoms with van der Waals surface area (Å²) in [6.07, 6.45) is 2.74. The van der Waals surface area contributed by atoms with Gasteiger partial charge in [0.25, 0.3) is 0 Å². The zero-order chi connectivity index (χ0) is 11.0. The fourth-order valence-electron chi connectivity index (χ4n) is 1.48. The number of carbonyl (C=O) groups excluding carboxylic acids is 1. The lowest BCUT2D eigenvalue weighted by Gasteiger charge is -2.21. The maximum atomic E-state index is 11.3. The third kappa shape index (κ3) is 5.35. The van der Waals surface area contributed by atoms with Gasteiger partial charge in [-0.2, -0.15) is 0 Å². The lowest BCUT2D eigenvalue weighted by Crippen LogP contribution is -2.41. The lowest BCUT2D eigenvalue weighted by molar-refractivity contribution is -0.120. The van der Waals surface area contributed by atoms with E-state index >= 15 is 0 Å². The van der Waals surface area contributed by atoms with Gasteiger partial charge in [0.1, 0.15) is 5.78 Å². The van der Waals surface area contributed by atoms with E-state index in [0.717, 1.165) is 25.8 Å². The molecule has 84 valence electrons. The summed E-state index contributed by atoms with van der Waals surface area (Å²) in [5, 5.41) is 11.8. The summed E-state index contributed by atoms with van der Waals surface area (Å²) >= 11 is 0. The molecule has 2 unspecified atom stereocenters. The molecule has 0 aliphatic carbocycles. The summed E-state index contributed by atoms with van der Waals surface area (Å²) < 4.78 is 0. The second-order valence-corrected chi connectivity index (χ2v) is 3.86. The molecule has 0 aromatic carbocycles. The molecule has 0 radical (unpaired) electrons. The third-order valence-corrected chi connectivity index (χ3v) is 2.60. The van der Waals surface area contributed by atoms with Crippen LogP contribution in [0.25, 0.3) is 0 Å². The number of aliphatic hydroxyl groups is 1. The van der Waals surface area contributed by atoms with Gasteiger partial charge in [0.05, 0.1) is 6.04 Å². The maximum absolute atomic E-state index is 11.3. The molecule has 3 nitrogen and oxygen atoms in total. The van der Waals surface area contributed by atoms with Crippen LogP contribution in [-0.4, -0.2) is 30.1 Å². The summed E-state index contributed by atoms with van der Waals surface area (Å²) in [5.41, 5.74) is 0. The van der Waals surface area contributed by atoms with Crippen molar-refractivity contribution < 1.29 is 9.90 Å². The van der Waals surface area contributed by atoms with Gasteiger partial charge in [0.2, 0.25) is 0 Å². The van der Waals surface area contributed by atoms with Gasteiger partial charge in [0.15, 0.2) is 0 Å². The molecule has 0 spiro atoms. The van der Waals surface area contributed by atoms with Crippen LogP contribution in [0.4, 0.5) is 0 Å². The van der Waals surface area contributed by atoms with Crippen molar-refractivity contribution in [3.63, 3.8) is 0 Å². The Balaban J connectivity index is 3.80. The van der Waals surface area contributed by atoms with E-state index in [1.54, 1.807) is 6.92 Å². The van der Waals surface area contributed by atoms with Crippen LogP contribution in [0.3, 0.4) is 0 Å². The molecule has 0 rings (SSSR count). The maximum Gasteiger partial charge on any atom is 0.146 e. The van der Waals surface area contributed by atoms with E-state index in [1.807, 2.05) is 0 Å². The van der Waals surface area contributed by atoms with E-state index in [1.165, 1.54) is 0 Å². The lowest BCUT2D eigenvalue weighted by atomic mass is 9.96. The highest BCUT2D eigenvalue weighted by Gasteiger charge is 2.18. The number of aliphatic hydroxyl groups excluding tert-OH is 1. The molecule has 0 aromatic rings. The van der Waals surface area contributed by atoms with Crippen molar-refractivity contribution in [1.82, 2.24) is 5.32 Å². The van der Waals surface area contributed by atoms with Gasteiger partial charge < -0.3 is 10.4 Å². The molecule has 0 aliphatic rings. The second kappa shape index (κ2) is 7.94. The molecule has 0 saturated heterocycles. The minimum atomic E-state index is -0.0151. The molecular formula is C11H23NO2. The number of rotatable bonds is 8. The topological polar surface area (TPSA) is 49.3 Å². The van der Waals surface area contributed by atoms with E-state index in [-0.39, 0.29) is 18.4 Å². The Morgan fingerprint density at radius 3 is 2.50 bits per heavy atom. The highest BCUT2D eigenvalue weighted by atomic mass is 16.2. The molecule has 0 heterocycles. The molecule has 0 saturated carbocycles. The van der Waals surface area contributed by atoms with E-state index in [2.05, 4.69) is 19.2 Å². The van der Waals surface area contributed by atoms with Crippen LogP contribution in [-0.2, 0) is 4.79 Å². The standard InChI is InChI=1S/C11H23NO2/c1-4-9(2)11(10(3)14)12-7-5-6-8-13/h9,11-13H,4-8H2,1-3H3. The van der Waals surface area contributed by atoms with Gasteiger partial charge in [-0.25, -0.2) is 0 Å². The van der Waals surface area contributed by atoms with Crippen LogP contribution in [0.5, 0.6) is 0 Å². The molecule has 2 atom stereocenters. The summed E-state index contributed by atoms with van der Waals surface area (Å²) in [7, 11) is 0. The van der Waals surface area contributed by atoms with Gasteiger partial charge in [-0.05, 0) is 32.2 Å². The summed E-state index contributed by atoms with van der Waals surface area (Å²) in [4.78, 5) is 11.3. The zero-order valence-electron chi connectivity index (χ0n) is 9.55. The van der Waals surface area contributed by atoms with Gasteiger partial charge in [-0.15, -0.1) is 0 Å². The predicted molar refractivity (Wildman–Crippen MR) is 58.2 cm³/mol. The molecule has 0 aromatic heterocycles. The van der Waals surface area contributed by atoms with Gasteiger partial charge >= 0.3 is 0 Å². The van der Waals surface area contributed by atoms with Crippen LogP contribution in [0.15, 0.2) is 0 Å². The van der Waals surface area contributed by atoms with Gasteiger partial charge in [-0.1, -0.05) is 20.3 Å². The first-order chi connectivity index (χ1) is 6.63. The first kappa shape index (κ1) is 13.6. The number of Topliss-reactive ketones (excluding diaryl/α,β-unsaturated/α-hetero) is 1. The molecule has 0 fully saturated rings. The van der Waals surface area contributed by atoms with Gasteiger partial charge in [-0.3, -0.25) is 4.79 Å². The summed E-state index contributed by atoms with van der Waals surface area (Å²) in [6, 6.07) is -0.0151. The molecule has 0 aliphatic heterocycles. The Labute approximate surface area is 86.9 Å². The van der Waals surface area contributed by atoms with Gasteiger partial charge in [0, 0.05) is 6.61 Å². The monoisotopic (exact) mass is 201 g/mol. The van der Waals surface area contributed by atoms with E-state index < -0.39 is 0 Å². The second-order valence-electron chi connectivity index (χ2n) is 3.86. The number of carbonyl (C=O) groups is 1. The fraction of sp³-hybridized carbons (Fsp3) is 0.909. The van der Waals surface area contributed by atoms with Crippen LogP contribution in [0.1, 0.15) is 40.0 Å². The van der Waals surface area contributed by atoms with Crippen LogP contribution in [0, 0.1) is 5.92 Å². The Bertz CT molecular complexity index is 159. The molecular weight excluding hydrogens is 178 g/mol. The van der Waals surface area contributed by atoms with Crippen molar-refractivity contribution in [2.75, 3.05) is 13.2 Å².